The first-order chi connectivity index (χ1) is 24.1. The number of aliphatic hydroxyl groups is 1. The van der Waals surface area contributed by atoms with Gasteiger partial charge in [0.2, 0.25) is 18.6 Å². The van der Waals surface area contributed by atoms with E-state index in [2.05, 4.69) is 10.6 Å². The highest BCUT2D eigenvalue weighted by molar-refractivity contribution is 6.01. The minimum absolute atomic E-state index is 0.0281. The molecule has 2 aromatic carbocycles. The number of hydrogen-bond donors (Lipinski definition) is 4. The third-order valence-corrected chi connectivity index (χ3v) is 9.24. The zero-order chi connectivity index (χ0) is 38.0. The Morgan fingerprint density at radius 3 is 2.04 bits per heavy atom. The minimum atomic E-state index is -1.76. The molecule has 0 saturated carbocycles. The lowest BCUT2D eigenvalue weighted by Gasteiger charge is -2.35. The van der Waals surface area contributed by atoms with Gasteiger partial charge >= 0.3 is 23.9 Å². The van der Waals surface area contributed by atoms with E-state index in [4.69, 9.17) is 18.9 Å². The van der Waals surface area contributed by atoms with Gasteiger partial charge in [0.15, 0.2) is 11.8 Å². The molecular weight excluding hydrogens is 664 g/mol. The second-order valence-corrected chi connectivity index (χ2v) is 13.3. The van der Waals surface area contributed by atoms with Crippen LogP contribution in [0.3, 0.4) is 0 Å². The number of ether oxygens (including phenoxy) is 4. The number of aromatic hydroxyl groups is 1. The Bertz CT molecular complexity index is 1560. The van der Waals surface area contributed by atoms with E-state index in [9.17, 15) is 39.0 Å². The summed E-state index contributed by atoms with van der Waals surface area (Å²) in [6.45, 7) is 10.9. The van der Waals surface area contributed by atoms with Crippen LogP contribution in [0.5, 0.6) is 5.75 Å². The van der Waals surface area contributed by atoms with Gasteiger partial charge in [0.25, 0.3) is 5.91 Å². The Kier molecular flexibility index (Phi) is 14.1. The Balaban J connectivity index is 2.14. The summed E-state index contributed by atoms with van der Waals surface area (Å²) in [7, 11) is 0. The van der Waals surface area contributed by atoms with E-state index in [0.717, 1.165) is 0 Å². The zero-order valence-corrected chi connectivity index (χ0v) is 29.9. The minimum Gasteiger partial charge on any atom is -0.505 e. The van der Waals surface area contributed by atoms with Gasteiger partial charge in [-0.05, 0) is 51.3 Å². The van der Waals surface area contributed by atoms with Crippen molar-refractivity contribution >= 4 is 41.9 Å². The summed E-state index contributed by atoms with van der Waals surface area (Å²) in [6.07, 6.45) is -6.54. The van der Waals surface area contributed by atoms with Gasteiger partial charge in [-0.3, -0.25) is 14.4 Å². The molecule has 3 rings (SSSR count). The van der Waals surface area contributed by atoms with Crippen molar-refractivity contribution in [1.29, 1.82) is 0 Å². The van der Waals surface area contributed by atoms with Gasteiger partial charge in [0, 0.05) is 18.3 Å². The van der Waals surface area contributed by atoms with E-state index in [1.165, 1.54) is 39.0 Å². The van der Waals surface area contributed by atoms with Gasteiger partial charge in [0.1, 0.15) is 18.3 Å². The lowest BCUT2D eigenvalue weighted by Crippen LogP contribution is -2.53. The van der Waals surface area contributed by atoms with Crippen LogP contribution in [0.4, 0.5) is 5.69 Å². The van der Waals surface area contributed by atoms with Crippen LogP contribution < -0.4 is 10.6 Å². The molecule has 1 saturated heterocycles. The highest BCUT2D eigenvalue weighted by atomic mass is 16.6. The van der Waals surface area contributed by atoms with Crippen molar-refractivity contribution in [3.8, 4) is 5.75 Å². The van der Waals surface area contributed by atoms with Crippen LogP contribution in [-0.4, -0.2) is 83.0 Å². The van der Waals surface area contributed by atoms with Gasteiger partial charge in [-0.2, -0.15) is 0 Å². The maximum Gasteiger partial charge on any atom is 0.348 e. The predicted octanol–water partition coefficient (Wildman–Crippen LogP) is 3.46. The van der Waals surface area contributed by atoms with Crippen LogP contribution in [-0.2, 0) is 49.3 Å². The first-order valence-electron chi connectivity index (χ1n) is 16.9. The Labute approximate surface area is 297 Å². The fourth-order valence-corrected chi connectivity index (χ4v) is 5.36. The van der Waals surface area contributed by atoms with Crippen molar-refractivity contribution in [3.63, 3.8) is 0 Å². The smallest absolute Gasteiger partial charge is 0.348 e. The van der Waals surface area contributed by atoms with Crippen molar-refractivity contribution < 1.29 is 57.9 Å². The molecule has 278 valence electrons. The first kappa shape index (κ1) is 40.4. The van der Waals surface area contributed by atoms with Crippen LogP contribution in [0.2, 0.25) is 0 Å². The van der Waals surface area contributed by atoms with Crippen molar-refractivity contribution in [3.05, 3.63) is 59.7 Å². The topological polar surface area (TPSA) is 204 Å². The van der Waals surface area contributed by atoms with Crippen LogP contribution >= 0.6 is 0 Å². The van der Waals surface area contributed by atoms with Crippen LogP contribution in [0.15, 0.2) is 48.5 Å². The molecule has 0 radical (unpaired) electrons. The zero-order valence-electron chi connectivity index (χ0n) is 29.9. The van der Waals surface area contributed by atoms with Gasteiger partial charge in [0.05, 0.1) is 16.7 Å². The largest absolute Gasteiger partial charge is 0.505 e. The SMILES string of the molecule is CC[C@H](C)C1OC(=O)C(NC(=O)c2cccc(NC=O)c2O)[C@@H](C)OC(=O)[C@H]([C@@H](C)CC)OC(=O)C(C)(C)C(O)[C@@H](Cc2ccccc2)OC1=O. The number of hydrogen-bond acceptors (Lipinski definition) is 12. The van der Waals surface area contributed by atoms with E-state index in [-0.39, 0.29) is 17.7 Å². The number of cyclic esters (lactones) is 4. The standard InChI is InChI=1S/C37H48N2O12/c1-8-20(3)29-35(46)49-26(18-23-14-11-10-12-15-23)31(42)37(6,7)36(47)51-30(21(4)9-2)34(45)48-22(5)27(33(44)50-29)39-32(43)24-16-13-17-25(28(24)41)38-19-40/h10-17,19-22,26-27,29-31,41-42H,8-9,18H2,1-7H3,(H,38,40)(H,39,43)/t20-,21-,22+,26+,27?,29?,30-,31?/m0/s1. The summed E-state index contributed by atoms with van der Waals surface area (Å²) in [5.74, 6) is -7.04. The molecular formula is C37H48N2O12. The van der Waals surface area contributed by atoms with Gasteiger partial charge in [-0.1, -0.05) is 64.1 Å². The summed E-state index contributed by atoms with van der Waals surface area (Å²) in [5, 5.41) is 27.0. The number of para-hydroxylation sites is 1. The van der Waals surface area contributed by atoms with Crippen LogP contribution in [0, 0.1) is 17.3 Å². The Morgan fingerprint density at radius 2 is 1.45 bits per heavy atom. The van der Waals surface area contributed by atoms with Crippen molar-refractivity contribution in [2.75, 3.05) is 5.32 Å². The fraction of sp³-hybridized carbons (Fsp3) is 0.514. The molecule has 0 aliphatic carbocycles. The van der Waals surface area contributed by atoms with E-state index < -0.39 is 89.3 Å². The molecule has 8 atom stereocenters. The van der Waals surface area contributed by atoms with Gasteiger partial charge in [-0.25, -0.2) is 14.4 Å². The van der Waals surface area contributed by atoms with Crippen LogP contribution in [0.25, 0.3) is 0 Å². The number of phenolic OH excluding ortho intramolecular Hbond substituents is 1. The molecule has 0 bridgehead atoms. The molecule has 3 unspecified atom stereocenters. The molecule has 2 aromatic rings. The summed E-state index contributed by atoms with van der Waals surface area (Å²) in [6, 6.07) is 11.0. The summed E-state index contributed by atoms with van der Waals surface area (Å²) < 4.78 is 22.9. The molecule has 1 heterocycles. The average molecular weight is 713 g/mol. The van der Waals surface area contributed by atoms with Crippen LogP contribution in [0.1, 0.15) is 77.2 Å². The number of anilines is 1. The Morgan fingerprint density at radius 1 is 0.863 bits per heavy atom. The second-order valence-electron chi connectivity index (χ2n) is 13.3. The normalized spacial score (nSPS) is 25.7. The third kappa shape index (κ3) is 9.84. The lowest BCUT2D eigenvalue weighted by atomic mass is 9.81. The molecule has 0 aromatic heterocycles. The highest BCUT2D eigenvalue weighted by Gasteiger charge is 2.48. The number of rotatable bonds is 10. The number of esters is 4. The number of phenols is 1. The fourth-order valence-electron chi connectivity index (χ4n) is 5.36. The number of carbonyl (C=O) groups is 6. The van der Waals surface area contributed by atoms with E-state index >= 15 is 0 Å². The molecule has 1 aliphatic rings. The van der Waals surface area contributed by atoms with Gasteiger partial charge in [-0.15, -0.1) is 0 Å². The molecule has 51 heavy (non-hydrogen) atoms. The van der Waals surface area contributed by atoms with Crippen molar-refractivity contribution in [1.82, 2.24) is 5.32 Å². The Hall–Kier alpha value is -4.98. The highest BCUT2D eigenvalue weighted by Crippen LogP contribution is 2.32. The quantitative estimate of drug-likeness (QED) is 0.121. The molecule has 0 spiro atoms. The first-order valence-corrected chi connectivity index (χ1v) is 16.9. The maximum absolute atomic E-state index is 13.9. The second kappa shape index (κ2) is 17.8. The van der Waals surface area contributed by atoms with Crippen molar-refractivity contribution in [2.24, 2.45) is 17.3 Å². The number of nitrogens with one attached hydrogen (secondary N) is 2. The molecule has 4 N–H and O–H groups in total. The predicted molar refractivity (Wildman–Crippen MR) is 183 cm³/mol. The molecule has 14 heteroatoms. The number of benzene rings is 2. The molecule has 2 amide bonds. The summed E-state index contributed by atoms with van der Waals surface area (Å²) >= 11 is 0. The molecule has 1 fully saturated rings. The molecule has 14 nitrogen and oxygen atoms in total. The third-order valence-electron chi connectivity index (χ3n) is 9.24. The van der Waals surface area contributed by atoms with Gasteiger partial charge < -0.3 is 39.8 Å². The number of carbonyl (C=O) groups excluding carboxylic acids is 6. The lowest BCUT2D eigenvalue weighted by molar-refractivity contribution is -0.191. The monoisotopic (exact) mass is 712 g/mol. The van der Waals surface area contributed by atoms with E-state index in [1.807, 2.05) is 0 Å². The number of aliphatic hydroxyl groups excluding tert-OH is 1. The van der Waals surface area contributed by atoms with E-state index in [1.54, 1.807) is 58.0 Å². The molecule has 1 aliphatic heterocycles. The summed E-state index contributed by atoms with van der Waals surface area (Å²) in [5.41, 5.74) is -1.48. The van der Waals surface area contributed by atoms with Crippen molar-refractivity contribution in [2.45, 2.75) is 104 Å². The maximum atomic E-state index is 13.9. The summed E-state index contributed by atoms with van der Waals surface area (Å²) in [4.78, 5) is 79.7. The number of amides is 2. The average Bonchev–Trinajstić information content (AvgIpc) is 3.10. The van der Waals surface area contributed by atoms with E-state index in [0.29, 0.717) is 24.8 Å².